The van der Waals surface area contributed by atoms with Crippen molar-refractivity contribution in [2.24, 2.45) is 0 Å². The molecule has 2 heterocycles. The van der Waals surface area contributed by atoms with Crippen LogP contribution in [0.2, 0.25) is 0 Å². The Morgan fingerprint density at radius 3 is 2.50 bits per heavy atom. The highest BCUT2D eigenvalue weighted by molar-refractivity contribution is 7.10. The van der Waals surface area contributed by atoms with Gasteiger partial charge in [-0.25, -0.2) is 4.68 Å². The zero-order valence-corrected chi connectivity index (χ0v) is 15.2. The van der Waals surface area contributed by atoms with Crippen molar-refractivity contribution in [3.8, 4) is 0 Å². The summed E-state index contributed by atoms with van der Waals surface area (Å²) in [6.45, 7) is 3.63. The summed E-state index contributed by atoms with van der Waals surface area (Å²) < 4.78 is 1.27. The van der Waals surface area contributed by atoms with Gasteiger partial charge >= 0.3 is 0 Å². The van der Waals surface area contributed by atoms with Crippen LogP contribution in [-0.2, 0) is 11.2 Å². The molecule has 26 heavy (non-hydrogen) atoms. The van der Waals surface area contributed by atoms with Crippen molar-refractivity contribution in [3.05, 3.63) is 62.7 Å². The van der Waals surface area contributed by atoms with Gasteiger partial charge in [-0.15, -0.1) is 11.3 Å². The van der Waals surface area contributed by atoms with Crippen LogP contribution in [0.4, 0.5) is 0 Å². The highest BCUT2D eigenvalue weighted by atomic mass is 32.1. The van der Waals surface area contributed by atoms with Crippen molar-refractivity contribution >= 4 is 33.9 Å². The number of carbonyl (C=O) groups is 2. The average molecular weight is 370 g/mol. The molecular weight excluding hydrogens is 352 g/mol. The van der Waals surface area contributed by atoms with Crippen molar-refractivity contribution in [2.45, 2.75) is 26.3 Å². The molecule has 0 saturated carbocycles. The second kappa shape index (κ2) is 7.49. The molecular formula is C18H18N4O3S. The molecule has 7 nitrogen and oxygen atoms in total. The SMILES string of the molecule is CC(C)n1nc(C(=O)NNC(=O)Cc2cccs2)c2ccccc2c1=O. The molecule has 134 valence electrons. The van der Waals surface area contributed by atoms with E-state index in [0.29, 0.717) is 10.8 Å². The van der Waals surface area contributed by atoms with E-state index < -0.39 is 5.91 Å². The van der Waals surface area contributed by atoms with E-state index in [2.05, 4.69) is 16.0 Å². The minimum Gasteiger partial charge on any atom is -0.273 e. The van der Waals surface area contributed by atoms with Gasteiger partial charge in [0.15, 0.2) is 5.69 Å². The summed E-state index contributed by atoms with van der Waals surface area (Å²) in [5, 5.41) is 6.93. The Morgan fingerprint density at radius 1 is 1.12 bits per heavy atom. The molecule has 0 aliphatic rings. The van der Waals surface area contributed by atoms with Crippen LogP contribution in [0.3, 0.4) is 0 Å². The Balaban J connectivity index is 1.84. The first-order chi connectivity index (χ1) is 12.5. The fraction of sp³-hybridized carbons (Fsp3) is 0.222. The Morgan fingerprint density at radius 2 is 1.85 bits per heavy atom. The first-order valence-electron chi connectivity index (χ1n) is 8.10. The molecule has 8 heteroatoms. The number of fused-ring (bicyclic) bond motifs is 1. The number of rotatable bonds is 4. The van der Waals surface area contributed by atoms with Gasteiger partial charge in [0.05, 0.1) is 17.8 Å². The number of thiophene rings is 1. The lowest BCUT2D eigenvalue weighted by atomic mass is 10.1. The van der Waals surface area contributed by atoms with Crippen LogP contribution in [0.25, 0.3) is 10.8 Å². The Labute approximate surface area is 153 Å². The molecule has 0 fully saturated rings. The van der Waals surface area contributed by atoms with Gasteiger partial charge in [0.1, 0.15) is 0 Å². The van der Waals surface area contributed by atoms with Crippen LogP contribution in [-0.4, -0.2) is 21.6 Å². The van der Waals surface area contributed by atoms with Crippen LogP contribution in [0, 0.1) is 0 Å². The van der Waals surface area contributed by atoms with E-state index in [1.165, 1.54) is 16.0 Å². The van der Waals surface area contributed by atoms with Crippen molar-refractivity contribution in [1.29, 1.82) is 0 Å². The summed E-state index contributed by atoms with van der Waals surface area (Å²) >= 11 is 1.47. The van der Waals surface area contributed by atoms with Crippen LogP contribution in [0.15, 0.2) is 46.6 Å². The molecule has 3 aromatic rings. The van der Waals surface area contributed by atoms with Crippen molar-refractivity contribution in [3.63, 3.8) is 0 Å². The predicted octanol–water partition coefficient (Wildman–Crippen LogP) is 2.04. The van der Waals surface area contributed by atoms with E-state index in [0.717, 1.165) is 4.88 Å². The standard InChI is InChI=1S/C18H18N4O3S/c1-11(2)22-18(25)14-8-4-3-7-13(14)16(21-22)17(24)20-19-15(23)10-12-6-5-9-26-12/h3-9,11H,10H2,1-2H3,(H,19,23)(H,20,24). The second-order valence-electron chi connectivity index (χ2n) is 6.00. The molecule has 0 atom stereocenters. The third kappa shape index (κ3) is 3.65. The molecule has 1 aromatic carbocycles. The highest BCUT2D eigenvalue weighted by Gasteiger charge is 2.18. The molecule has 0 unspecified atom stereocenters. The summed E-state index contributed by atoms with van der Waals surface area (Å²) in [6, 6.07) is 10.3. The summed E-state index contributed by atoms with van der Waals surface area (Å²) in [4.78, 5) is 37.9. The fourth-order valence-corrected chi connectivity index (χ4v) is 3.23. The Bertz CT molecular complexity index is 1010. The highest BCUT2D eigenvalue weighted by Crippen LogP contribution is 2.14. The molecule has 0 aliphatic carbocycles. The number of carbonyl (C=O) groups excluding carboxylic acids is 2. The van der Waals surface area contributed by atoms with Gasteiger partial charge in [-0.3, -0.25) is 25.2 Å². The second-order valence-corrected chi connectivity index (χ2v) is 7.03. The smallest absolute Gasteiger partial charge is 0.273 e. The van der Waals surface area contributed by atoms with Crippen LogP contribution in [0.1, 0.15) is 35.3 Å². The third-order valence-corrected chi connectivity index (χ3v) is 4.64. The Kier molecular flexibility index (Phi) is 5.13. The zero-order valence-electron chi connectivity index (χ0n) is 14.4. The fourth-order valence-electron chi connectivity index (χ4n) is 2.53. The minimum atomic E-state index is -0.574. The normalized spacial score (nSPS) is 10.9. The summed E-state index contributed by atoms with van der Waals surface area (Å²) in [5.41, 5.74) is 4.60. The predicted molar refractivity (Wildman–Crippen MR) is 100 cm³/mol. The first kappa shape index (κ1) is 17.8. The van der Waals surface area contributed by atoms with Crippen molar-refractivity contribution in [2.75, 3.05) is 0 Å². The van der Waals surface area contributed by atoms with Gasteiger partial charge in [-0.2, -0.15) is 5.10 Å². The van der Waals surface area contributed by atoms with Gasteiger partial charge < -0.3 is 0 Å². The largest absolute Gasteiger partial charge is 0.290 e. The molecule has 0 bridgehead atoms. The van der Waals surface area contributed by atoms with Crippen LogP contribution >= 0.6 is 11.3 Å². The van der Waals surface area contributed by atoms with Gasteiger partial charge in [0.2, 0.25) is 5.91 Å². The topological polar surface area (TPSA) is 93.1 Å². The van der Waals surface area contributed by atoms with Crippen LogP contribution in [0.5, 0.6) is 0 Å². The quantitative estimate of drug-likeness (QED) is 0.688. The van der Waals surface area contributed by atoms with E-state index in [1.807, 2.05) is 31.4 Å². The number of nitrogens with one attached hydrogen (secondary N) is 2. The van der Waals surface area contributed by atoms with Crippen LogP contribution < -0.4 is 16.4 Å². The maximum absolute atomic E-state index is 12.6. The lowest BCUT2D eigenvalue weighted by molar-refractivity contribution is -0.121. The van der Waals surface area contributed by atoms with E-state index >= 15 is 0 Å². The van der Waals surface area contributed by atoms with E-state index in [9.17, 15) is 14.4 Å². The lowest BCUT2D eigenvalue weighted by Gasteiger charge is -2.13. The van der Waals surface area contributed by atoms with E-state index in [4.69, 9.17) is 0 Å². The van der Waals surface area contributed by atoms with E-state index in [1.54, 1.807) is 24.3 Å². The maximum Gasteiger partial charge on any atom is 0.290 e. The number of nitrogens with zero attached hydrogens (tertiary/aromatic N) is 2. The number of aromatic nitrogens is 2. The summed E-state index contributed by atoms with van der Waals surface area (Å²) in [6.07, 6.45) is 0.178. The molecule has 3 rings (SSSR count). The molecule has 2 amide bonds. The molecule has 2 N–H and O–H groups in total. The molecule has 0 radical (unpaired) electrons. The number of amides is 2. The molecule has 0 spiro atoms. The monoisotopic (exact) mass is 370 g/mol. The summed E-state index contributed by atoms with van der Waals surface area (Å²) in [5.74, 6) is -0.905. The van der Waals surface area contributed by atoms with E-state index in [-0.39, 0.29) is 29.6 Å². The number of hydrazine groups is 1. The molecule has 0 saturated heterocycles. The summed E-state index contributed by atoms with van der Waals surface area (Å²) in [7, 11) is 0. The van der Waals surface area contributed by atoms with Gasteiger partial charge in [-0.05, 0) is 31.4 Å². The minimum absolute atomic E-state index is 0.0883. The Hall–Kier alpha value is -3.00. The van der Waals surface area contributed by atoms with Gasteiger partial charge in [-0.1, -0.05) is 24.3 Å². The lowest BCUT2D eigenvalue weighted by Crippen LogP contribution is -2.43. The number of benzene rings is 1. The maximum atomic E-state index is 12.6. The van der Waals surface area contributed by atoms with Gasteiger partial charge in [0.25, 0.3) is 11.5 Å². The molecule has 2 aromatic heterocycles. The van der Waals surface area contributed by atoms with Crippen molar-refractivity contribution in [1.82, 2.24) is 20.6 Å². The number of hydrogen-bond acceptors (Lipinski definition) is 5. The average Bonchev–Trinajstić information content (AvgIpc) is 3.13. The number of hydrogen-bond donors (Lipinski definition) is 2. The first-order valence-corrected chi connectivity index (χ1v) is 8.98. The van der Waals surface area contributed by atoms with Crippen molar-refractivity contribution < 1.29 is 9.59 Å². The van der Waals surface area contributed by atoms with Gasteiger partial charge in [0, 0.05) is 10.3 Å². The zero-order chi connectivity index (χ0) is 18.7. The third-order valence-electron chi connectivity index (χ3n) is 3.76. The molecule has 0 aliphatic heterocycles.